The van der Waals surface area contributed by atoms with E-state index in [0.717, 1.165) is 44.9 Å². The molecule has 3 aliphatic heterocycles. The molecule has 2 aliphatic carbocycles. The Bertz CT molecular complexity index is 1470. The number of piperidine rings is 1. The third-order valence-electron chi connectivity index (χ3n) is 12.2. The van der Waals surface area contributed by atoms with E-state index < -0.39 is 84.9 Å². The third kappa shape index (κ3) is 10.7. The first-order valence-electron chi connectivity index (χ1n) is 20.2. The zero-order chi connectivity index (χ0) is 42.0. The number of carbonyl (C=O) groups is 2. The van der Waals surface area contributed by atoms with Crippen molar-refractivity contribution in [1.29, 1.82) is 0 Å². The van der Waals surface area contributed by atoms with E-state index in [1.165, 1.54) is 12.3 Å². The van der Waals surface area contributed by atoms with Crippen molar-refractivity contribution in [3.05, 3.63) is 36.6 Å². The number of rotatable bonds is 18. The molecule has 328 valence electrons. The van der Waals surface area contributed by atoms with Crippen LogP contribution in [0.5, 0.6) is 0 Å². The average Bonchev–Trinajstić information content (AvgIpc) is 3.83. The van der Waals surface area contributed by atoms with Crippen molar-refractivity contribution in [1.82, 2.24) is 15.5 Å². The van der Waals surface area contributed by atoms with Gasteiger partial charge in [0, 0.05) is 44.6 Å². The minimum atomic E-state index is -2.93. The van der Waals surface area contributed by atoms with Gasteiger partial charge in [-0.15, -0.1) is 6.58 Å². The highest BCUT2D eigenvalue weighted by Gasteiger charge is 2.57. The molecule has 0 aromatic carbocycles. The SMILES string of the molecule is C=CC1C(OC2OC(CO)C(O)C(O)(O)C2OCNC)OC=C(C(=O)OC2CCC3(CCCC3)C2)C1C=CC1CN(CCO)CC(C(=O)O)C1NC(N)=NCCCO. The predicted molar refractivity (Wildman–Crippen MR) is 206 cm³/mol. The molecule has 2 saturated heterocycles. The van der Waals surface area contributed by atoms with E-state index in [2.05, 4.69) is 22.2 Å². The van der Waals surface area contributed by atoms with Crippen molar-refractivity contribution in [3.63, 3.8) is 0 Å². The van der Waals surface area contributed by atoms with Gasteiger partial charge in [0.05, 0.1) is 49.7 Å². The number of aliphatic hydroxyl groups excluding tert-OH is 4. The summed E-state index contributed by atoms with van der Waals surface area (Å²) in [5, 5.41) is 77.6. The highest BCUT2D eigenvalue weighted by Crippen LogP contribution is 2.51. The van der Waals surface area contributed by atoms with Gasteiger partial charge < -0.3 is 70.5 Å². The summed E-state index contributed by atoms with van der Waals surface area (Å²) < 4.78 is 29.7. The molecule has 58 heavy (non-hydrogen) atoms. The van der Waals surface area contributed by atoms with E-state index in [0.29, 0.717) is 13.0 Å². The number of carboxylic acid groups (broad SMARTS) is 1. The van der Waals surface area contributed by atoms with Gasteiger partial charge in [0.15, 0.2) is 18.4 Å². The summed E-state index contributed by atoms with van der Waals surface area (Å²) >= 11 is 0. The quantitative estimate of drug-likeness (QED) is 0.0187. The Kier molecular flexibility index (Phi) is 16.5. The lowest BCUT2D eigenvalue weighted by atomic mass is 9.79. The van der Waals surface area contributed by atoms with Crippen LogP contribution in [0.3, 0.4) is 0 Å². The molecule has 11 N–H and O–H groups in total. The van der Waals surface area contributed by atoms with Crippen molar-refractivity contribution in [2.45, 2.75) is 100 Å². The first-order valence-corrected chi connectivity index (χ1v) is 20.2. The van der Waals surface area contributed by atoms with E-state index in [1.54, 1.807) is 19.2 Å². The molecule has 11 atom stereocenters. The van der Waals surface area contributed by atoms with Crippen molar-refractivity contribution < 1.29 is 69.0 Å². The second kappa shape index (κ2) is 20.9. The maximum Gasteiger partial charge on any atom is 0.338 e. The second-order valence-electron chi connectivity index (χ2n) is 16.1. The van der Waals surface area contributed by atoms with Crippen LogP contribution in [0.2, 0.25) is 0 Å². The molecule has 5 rings (SSSR count). The molecule has 5 aliphatic rings. The van der Waals surface area contributed by atoms with Gasteiger partial charge in [-0.25, -0.2) is 4.79 Å². The summed E-state index contributed by atoms with van der Waals surface area (Å²) in [4.78, 5) is 32.9. The van der Waals surface area contributed by atoms with E-state index >= 15 is 0 Å². The predicted octanol–water partition coefficient (Wildman–Crippen LogP) is -1.52. The van der Waals surface area contributed by atoms with Gasteiger partial charge in [-0.1, -0.05) is 31.1 Å². The lowest BCUT2D eigenvalue weighted by Gasteiger charge is -2.47. The minimum absolute atomic E-state index is 0.000592. The molecular weight excluding hydrogens is 762 g/mol. The van der Waals surface area contributed by atoms with E-state index in [1.807, 2.05) is 4.90 Å². The smallest absolute Gasteiger partial charge is 0.338 e. The Morgan fingerprint density at radius 2 is 1.88 bits per heavy atom. The zero-order valence-corrected chi connectivity index (χ0v) is 33.1. The number of carbonyl (C=O) groups excluding carboxylic acids is 1. The molecule has 0 amide bonds. The first-order chi connectivity index (χ1) is 27.8. The number of β-amino-alcohol motifs (C(OH)–C–C–N with tert-alkyl or cyclic N) is 1. The molecule has 0 radical (unpaired) electrons. The number of esters is 1. The summed E-state index contributed by atoms with van der Waals surface area (Å²) in [5.74, 6) is -7.92. The number of guanidine groups is 1. The van der Waals surface area contributed by atoms with Gasteiger partial charge in [-0.3, -0.25) is 20.0 Å². The fraction of sp³-hybridized carbons (Fsp3) is 0.769. The fourth-order valence-corrected chi connectivity index (χ4v) is 9.12. The van der Waals surface area contributed by atoms with Gasteiger partial charge in [0.2, 0.25) is 12.1 Å². The van der Waals surface area contributed by atoms with E-state index in [-0.39, 0.29) is 62.6 Å². The van der Waals surface area contributed by atoms with Crippen molar-refractivity contribution in [2.75, 3.05) is 59.8 Å². The Hall–Kier alpha value is -3.21. The third-order valence-corrected chi connectivity index (χ3v) is 12.2. The highest BCUT2D eigenvalue weighted by molar-refractivity contribution is 5.89. The van der Waals surface area contributed by atoms with Crippen LogP contribution in [0, 0.1) is 29.1 Å². The number of nitrogens with two attached hydrogens (primary N) is 1. The van der Waals surface area contributed by atoms with Gasteiger partial charge in [0.1, 0.15) is 18.3 Å². The number of nitrogens with one attached hydrogen (secondary N) is 2. The Balaban J connectivity index is 1.48. The van der Waals surface area contributed by atoms with Gasteiger partial charge >= 0.3 is 11.9 Å². The molecule has 0 aromatic heterocycles. The Morgan fingerprint density at radius 1 is 1.12 bits per heavy atom. The lowest BCUT2D eigenvalue weighted by Crippen LogP contribution is -2.69. The van der Waals surface area contributed by atoms with Crippen LogP contribution >= 0.6 is 0 Å². The first kappa shape index (κ1) is 45.9. The number of aliphatic carboxylic acids is 1. The monoisotopic (exact) mass is 825 g/mol. The number of carboxylic acids is 1. The van der Waals surface area contributed by atoms with Crippen LogP contribution in [0.25, 0.3) is 0 Å². The largest absolute Gasteiger partial charge is 0.481 e. The normalized spacial score (nSPS) is 35.1. The summed E-state index contributed by atoms with van der Waals surface area (Å²) in [5.41, 5.74) is 6.52. The van der Waals surface area contributed by atoms with Crippen LogP contribution in [-0.4, -0.2) is 167 Å². The highest BCUT2D eigenvalue weighted by atomic mass is 16.8. The zero-order valence-electron chi connectivity index (χ0n) is 33.1. The van der Waals surface area contributed by atoms with Crippen molar-refractivity contribution >= 4 is 17.9 Å². The van der Waals surface area contributed by atoms with Crippen LogP contribution < -0.4 is 16.4 Å². The number of likely N-dealkylation sites (tertiary alicyclic amines) is 1. The molecular formula is C39H63N5O14. The minimum Gasteiger partial charge on any atom is -0.481 e. The molecule has 19 nitrogen and oxygen atoms in total. The molecule has 3 heterocycles. The summed E-state index contributed by atoms with van der Waals surface area (Å²) in [6.45, 7) is 3.56. The molecule has 4 fully saturated rings. The maximum absolute atomic E-state index is 14.1. The van der Waals surface area contributed by atoms with E-state index in [4.69, 9.17) is 29.4 Å². The number of aliphatic hydroxyl groups is 6. The summed E-state index contributed by atoms with van der Waals surface area (Å²) in [7, 11) is 1.55. The maximum atomic E-state index is 14.1. The molecule has 11 unspecified atom stereocenters. The molecule has 0 bridgehead atoms. The van der Waals surface area contributed by atoms with Crippen LogP contribution in [0.15, 0.2) is 41.6 Å². The van der Waals surface area contributed by atoms with Gasteiger partial charge in [0.25, 0.3) is 0 Å². The van der Waals surface area contributed by atoms with Crippen molar-refractivity contribution in [3.8, 4) is 0 Å². The summed E-state index contributed by atoms with van der Waals surface area (Å²) in [6.07, 6.45) is 5.21. The van der Waals surface area contributed by atoms with Crippen molar-refractivity contribution in [2.24, 2.45) is 39.8 Å². The topological polar surface area (TPSA) is 288 Å². The fourth-order valence-electron chi connectivity index (χ4n) is 9.12. The number of hydrogen-bond donors (Lipinski definition) is 10. The van der Waals surface area contributed by atoms with E-state index in [9.17, 15) is 45.3 Å². The second-order valence-corrected chi connectivity index (χ2v) is 16.1. The van der Waals surface area contributed by atoms with Gasteiger partial charge in [-0.05, 0) is 51.0 Å². The van der Waals surface area contributed by atoms with Crippen LogP contribution in [0.1, 0.15) is 51.4 Å². The van der Waals surface area contributed by atoms with Crippen LogP contribution in [0.4, 0.5) is 0 Å². The summed E-state index contributed by atoms with van der Waals surface area (Å²) in [6, 6.07) is -0.777. The standard InChI is InChI=1S/C39H63N5O14/c1-3-25-26(8-7-23-18-44(14-16-46)19-27(33(49)50)30(23)43-37(40)42-13-6-15-45)28(34(51)56-24-9-12-38(17-24)10-4-5-11-38)21-54-35(25)58-36-32(55-22-41-2)39(52,53)31(48)29(20-47)57-36/h3,7-8,21,23-27,29-32,35-36,41,45-48,52-53H,1,4-6,9-20,22H2,2H3,(H,49,50)(H3,40,42,43). The number of ether oxygens (including phenoxy) is 5. The molecule has 1 spiro atoms. The average molecular weight is 826 g/mol. The number of allylic oxidation sites excluding steroid dienone is 1. The molecule has 0 aromatic rings. The molecule has 2 saturated carbocycles. The number of hydrogen-bond acceptors (Lipinski definition) is 16. The Morgan fingerprint density at radius 3 is 2.53 bits per heavy atom. The Labute approximate surface area is 338 Å². The van der Waals surface area contributed by atoms with Gasteiger partial charge in [-0.2, -0.15) is 0 Å². The molecule has 19 heteroatoms. The number of aliphatic imine (C=N–C) groups is 1. The number of nitrogens with zero attached hydrogens (tertiary/aromatic N) is 2. The lowest BCUT2D eigenvalue weighted by molar-refractivity contribution is -0.410. The van der Waals surface area contributed by atoms with Crippen LogP contribution in [-0.2, 0) is 33.3 Å².